The third-order valence-electron chi connectivity index (χ3n) is 4.56. The van der Waals surface area contributed by atoms with Gasteiger partial charge in [-0.2, -0.15) is 0 Å². The van der Waals surface area contributed by atoms with Crippen LogP contribution >= 0.6 is 23.2 Å². The fourth-order valence-corrected chi connectivity index (χ4v) is 3.74. The molecule has 0 spiro atoms. The van der Waals surface area contributed by atoms with Crippen molar-refractivity contribution in [2.45, 2.75) is 19.4 Å². The van der Waals surface area contributed by atoms with E-state index in [2.05, 4.69) is 24.1 Å². The van der Waals surface area contributed by atoms with Gasteiger partial charge in [0.2, 0.25) is 0 Å². The molecule has 0 radical (unpaired) electrons. The number of fused-ring (bicyclic) bond motifs is 1. The van der Waals surface area contributed by atoms with Crippen LogP contribution in [-0.2, 0) is 0 Å². The Labute approximate surface area is 122 Å². The van der Waals surface area contributed by atoms with Gasteiger partial charge in [-0.3, -0.25) is 4.79 Å². The first kappa shape index (κ1) is 13.3. The molecule has 2 N–H and O–H groups in total. The number of nitrogens with one attached hydrogen (secondary N) is 2. The van der Waals surface area contributed by atoms with Crippen molar-refractivity contribution in [1.82, 2.24) is 15.2 Å². The largest absolute Gasteiger partial charge is 0.340 e. The summed E-state index contributed by atoms with van der Waals surface area (Å²) in [7, 11) is 0. The highest BCUT2D eigenvalue weighted by molar-refractivity contribution is 6.41. The molecule has 0 aromatic carbocycles. The number of hydrogen-bond acceptors (Lipinski definition) is 2. The van der Waals surface area contributed by atoms with Gasteiger partial charge >= 0.3 is 0 Å². The van der Waals surface area contributed by atoms with Crippen LogP contribution in [0.4, 0.5) is 0 Å². The summed E-state index contributed by atoms with van der Waals surface area (Å²) in [6, 6.07) is 1.61. The smallest absolute Gasteiger partial charge is 0.270 e. The minimum absolute atomic E-state index is 0.0202. The summed E-state index contributed by atoms with van der Waals surface area (Å²) in [5, 5.41) is 4.12. The SMILES string of the molecule is CC1(C)C2CNCC2CN1C(=O)c1cc(Cl)c(Cl)[nH]1. The lowest BCUT2D eigenvalue weighted by molar-refractivity contribution is 0.0598. The van der Waals surface area contributed by atoms with Gasteiger partial charge in [-0.25, -0.2) is 0 Å². The standard InChI is InChI=1S/C13H17Cl2N3O/c1-13(2)8-5-16-4-7(8)6-18(13)12(19)10-3-9(14)11(15)17-10/h3,7-8,16-17H,4-6H2,1-2H3. The molecule has 2 aliphatic rings. The Morgan fingerprint density at radius 2 is 2.16 bits per heavy atom. The highest BCUT2D eigenvalue weighted by Gasteiger charge is 2.51. The van der Waals surface area contributed by atoms with Crippen LogP contribution in [0.5, 0.6) is 0 Å². The van der Waals surface area contributed by atoms with Crippen LogP contribution < -0.4 is 5.32 Å². The van der Waals surface area contributed by atoms with Crippen LogP contribution in [-0.4, -0.2) is 41.0 Å². The predicted molar refractivity (Wildman–Crippen MR) is 75.8 cm³/mol. The van der Waals surface area contributed by atoms with Crippen molar-refractivity contribution in [2.75, 3.05) is 19.6 Å². The second-order valence-electron chi connectivity index (χ2n) is 5.94. The fraction of sp³-hybridized carbons (Fsp3) is 0.615. The number of halogens is 2. The third-order valence-corrected chi connectivity index (χ3v) is 5.25. The Hall–Kier alpha value is -0.710. The summed E-state index contributed by atoms with van der Waals surface area (Å²) in [6.45, 7) is 7.03. The van der Waals surface area contributed by atoms with Crippen molar-refractivity contribution in [3.8, 4) is 0 Å². The number of aromatic amines is 1. The van der Waals surface area contributed by atoms with E-state index in [1.807, 2.05) is 4.90 Å². The summed E-state index contributed by atoms with van der Waals surface area (Å²) >= 11 is 11.8. The van der Waals surface area contributed by atoms with Crippen LogP contribution in [0.15, 0.2) is 6.07 Å². The number of H-pyrrole nitrogens is 1. The molecule has 6 heteroatoms. The minimum Gasteiger partial charge on any atom is -0.340 e. The highest BCUT2D eigenvalue weighted by Crippen LogP contribution is 2.41. The molecule has 1 aromatic heterocycles. The van der Waals surface area contributed by atoms with E-state index in [1.165, 1.54) is 0 Å². The number of hydrogen-bond donors (Lipinski definition) is 2. The molecule has 1 aromatic rings. The lowest BCUT2D eigenvalue weighted by Gasteiger charge is -2.35. The Balaban J connectivity index is 1.88. The van der Waals surface area contributed by atoms with E-state index in [9.17, 15) is 4.79 Å². The van der Waals surface area contributed by atoms with Crippen molar-refractivity contribution in [3.63, 3.8) is 0 Å². The average Bonchev–Trinajstić information content (AvgIpc) is 2.98. The zero-order chi connectivity index (χ0) is 13.8. The Bertz CT molecular complexity index is 506. The molecule has 0 aliphatic carbocycles. The van der Waals surface area contributed by atoms with Gasteiger partial charge in [-0.15, -0.1) is 0 Å². The van der Waals surface area contributed by atoms with Gasteiger partial charge in [0.05, 0.1) is 5.02 Å². The van der Waals surface area contributed by atoms with E-state index in [0.29, 0.717) is 27.7 Å². The van der Waals surface area contributed by atoms with Crippen molar-refractivity contribution in [2.24, 2.45) is 11.8 Å². The topological polar surface area (TPSA) is 48.1 Å². The van der Waals surface area contributed by atoms with Crippen molar-refractivity contribution >= 4 is 29.1 Å². The maximum absolute atomic E-state index is 12.6. The molecule has 0 bridgehead atoms. The molecule has 2 atom stereocenters. The monoisotopic (exact) mass is 301 g/mol. The molecule has 4 nitrogen and oxygen atoms in total. The first-order valence-corrected chi connectivity index (χ1v) is 7.23. The molecule has 2 saturated heterocycles. The molecular formula is C13H17Cl2N3O. The maximum Gasteiger partial charge on any atom is 0.270 e. The zero-order valence-corrected chi connectivity index (χ0v) is 12.5. The molecule has 1 amide bonds. The summed E-state index contributed by atoms with van der Waals surface area (Å²) in [6.07, 6.45) is 0. The lowest BCUT2D eigenvalue weighted by Crippen LogP contribution is -2.47. The lowest BCUT2D eigenvalue weighted by atomic mass is 9.85. The number of carbonyl (C=O) groups is 1. The van der Waals surface area contributed by atoms with Gasteiger partial charge in [0.25, 0.3) is 5.91 Å². The van der Waals surface area contributed by atoms with Crippen LogP contribution in [0.25, 0.3) is 0 Å². The molecule has 2 fully saturated rings. The first-order valence-electron chi connectivity index (χ1n) is 6.48. The number of likely N-dealkylation sites (tertiary alicyclic amines) is 1. The molecular weight excluding hydrogens is 285 g/mol. The summed E-state index contributed by atoms with van der Waals surface area (Å²) in [5.41, 5.74) is 0.325. The number of carbonyl (C=O) groups excluding carboxylic acids is 1. The zero-order valence-electron chi connectivity index (χ0n) is 11.0. The van der Waals surface area contributed by atoms with E-state index in [-0.39, 0.29) is 11.4 Å². The van der Waals surface area contributed by atoms with Gasteiger partial charge in [0.1, 0.15) is 10.8 Å². The predicted octanol–water partition coefficient (Wildman–Crippen LogP) is 2.39. The van der Waals surface area contributed by atoms with E-state index >= 15 is 0 Å². The Morgan fingerprint density at radius 3 is 2.74 bits per heavy atom. The van der Waals surface area contributed by atoms with E-state index in [4.69, 9.17) is 23.2 Å². The van der Waals surface area contributed by atoms with Crippen LogP contribution in [0.3, 0.4) is 0 Å². The third kappa shape index (κ3) is 1.97. The minimum atomic E-state index is -0.144. The molecule has 2 aliphatic heterocycles. The second-order valence-corrected chi connectivity index (χ2v) is 6.72. The van der Waals surface area contributed by atoms with E-state index in [1.54, 1.807) is 6.07 Å². The number of aromatic nitrogens is 1. The van der Waals surface area contributed by atoms with Crippen molar-refractivity contribution < 1.29 is 4.79 Å². The molecule has 104 valence electrons. The van der Waals surface area contributed by atoms with Crippen molar-refractivity contribution in [3.05, 3.63) is 21.9 Å². The van der Waals surface area contributed by atoms with Crippen LogP contribution in [0.1, 0.15) is 24.3 Å². The number of rotatable bonds is 1. The molecule has 19 heavy (non-hydrogen) atoms. The van der Waals surface area contributed by atoms with Gasteiger partial charge in [0.15, 0.2) is 0 Å². The molecule has 3 rings (SSSR count). The summed E-state index contributed by atoms with van der Waals surface area (Å²) in [4.78, 5) is 17.4. The normalized spacial score (nSPS) is 28.7. The quantitative estimate of drug-likeness (QED) is 0.837. The number of amides is 1. The molecule has 3 heterocycles. The maximum atomic E-state index is 12.6. The van der Waals surface area contributed by atoms with Crippen molar-refractivity contribution in [1.29, 1.82) is 0 Å². The van der Waals surface area contributed by atoms with Gasteiger partial charge in [-0.1, -0.05) is 23.2 Å². The van der Waals surface area contributed by atoms with Crippen LogP contribution in [0, 0.1) is 11.8 Å². The van der Waals surface area contributed by atoms with Gasteiger partial charge in [0, 0.05) is 25.2 Å². The summed E-state index contributed by atoms with van der Waals surface area (Å²) < 4.78 is 0. The molecule has 2 unspecified atom stereocenters. The molecule has 0 saturated carbocycles. The van der Waals surface area contributed by atoms with Gasteiger partial charge in [-0.05, 0) is 31.7 Å². The number of nitrogens with zero attached hydrogens (tertiary/aromatic N) is 1. The first-order chi connectivity index (χ1) is 8.91. The second kappa shape index (κ2) is 4.40. The van der Waals surface area contributed by atoms with E-state index in [0.717, 1.165) is 19.6 Å². The van der Waals surface area contributed by atoms with Crippen LogP contribution in [0.2, 0.25) is 10.2 Å². The highest BCUT2D eigenvalue weighted by atomic mass is 35.5. The Kier molecular flexibility index (Phi) is 3.08. The van der Waals surface area contributed by atoms with Gasteiger partial charge < -0.3 is 15.2 Å². The summed E-state index contributed by atoms with van der Waals surface area (Å²) in [5.74, 6) is 1.03. The Morgan fingerprint density at radius 1 is 1.42 bits per heavy atom. The fourth-order valence-electron chi connectivity index (χ4n) is 3.43. The van der Waals surface area contributed by atoms with E-state index < -0.39 is 0 Å². The average molecular weight is 302 g/mol.